The molecule has 0 spiro atoms. The van der Waals surface area contributed by atoms with Crippen molar-refractivity contribution in [3.63, 3.8) is 0 Å². The van der Waals surface area contributed by atoms with Gasteiger partial charge in [-0.1, -0.05) is 13.8 Å². The fourth-order valence-corrected chi connectivity index (χ4v) is 1.11. The molecule has 1 amide bonds. The molecule has 0 aromatic rings. The van der Waals surface area contributed by atoms with E-state index in [9.17, 15) is 4.79 Å². The van der Waals surface area contributed by atoms with Gasteiger partial charge in [0, 0.05) is 13.0 Å². The van der Waals surface area contributed by atoms with E-state index in [1.807, 2.05) is 0 Å². The predicted octanol–water partition coefficient (Wildman–Crippen LogP) is 0.283. The van der Waals surface area contributed by atoms with E-state index in [1.54, 1.807) is 0 Å². The summed E-state index contributed by atoms with van der Waals surface area (Å²) in [5.41, 5.74) is 5.44. The Kier molecular flexibility index (Phi) is 2.27. The van der Waals surface area contributed by atoms with Crippen LogP contribution in [0.4, 0.5) is 0 Å². The van der Waals surface area contributed by atoms with Gasteiger partial charge in [0.2, 0.25) is 5.91 Å². The summed E-state index contributed by atoms with van der Waals surface area (Å²) in [5.74, 6) is 1.22. The van der Waals surface area contributed by atoms with Crippen LogP contribution in [0, 0.1) is 11.8 Å². The molecule has 1 unspecified atom stereocenters. The normalized spacial score (nSPS) is 26.7. The van der Waals surface area contributed by atoms with Crippen molar-refractivity contribution in [3.05, 3.63) is 0 Å². The highest BCUT2D eigenvalue weighted by atomic mass is 16.2. The Hall–Kier alpha value is -0.570. The van der Waals surface area contributed by atoms with Gasteiger partial charge in [-0.3, -0.25) is 10.2 Å². The quantitative estimate of drug-likeness (QED) is 0.552. The number of carbonyl (C=O) groups excluding carboxylic acids is 1. The van der Waals surface area contributed by atoms with Crippen molar-refractivity contribution in [1.29, 1.82) is 0 Å². The summed E-state index contributed by atoms with van der Waals surface area (Å²) in [4.78, 5) is 10.8. The van der Waals surface area contributed by atoms with Gasteiger partial charge in [0.15, 0.2) is 0 Å². The summed E-state index contributed by atoms with van der Waals surface area (Å²) in [5, 5.41) is 0. The zero-order chi connectivity index (χ0) is 7.56. The molecule has 1 saturated heterocycles. The molecule has 58 valence electrons. The first kappa shape index (κ1) is 7.54. The fourth-order valence-electron chi connectivity index (χ4n) is 1.11. The number of hydrazine groups is 1. The average Bonchev–Trinajstić information content (AvgIpc) is 1.88. The third-order valence-electron chi connectivity index (χ3n) is 1.98. The van der Waals surface area contributed by atoms with Gasteiger partial charge in [0.05, 0.1) is 0 Å². The van der Waals surface area contributed by atoms with E-state index in [1.165, 1.54) is 0 Å². The molecular formula is C7H14N2O. The van der Waals surface area contributed by atoms with Crippen molar-refractivity contribution >= 4 is 5.91 Å². The summed E-state index contributed by atoms with van der Waals surface area (Å²) in [6.07, 6.45) is 0.671. The van der Waals surface area contributed by atoms with Gasteiger partial charge in [0.25, 0.3) is 0 Å². The standard InChI is InChI=1S/C7H14N2O/c1-5(2)6-3-7(10)9-8-4-6/h5-6,8H,3-4H2,1-2H3,(H,9,10). The molecule has 0 aromatic carbocycles. The summed E-state index contributed by atoms with van der Waals surface area (Å²) in [6, 6.07) is 0. The molecule has 0 aromatic heterocycles. The van der Waals surface area contributed by atoms with Crippen LogP contribution in [-0.2, 0) is 4.79 Å². The number of hydrogen-bond acceptors (Lipinski definition) is 2. The largest absolute Gasteiger partial charge is 0.292 e. The van der Waals surface area contributed by atoms with E-state index < -0.39 is 0 Å². The third kappa shape index (κ3) is 1.70. The minimum absolute atomic E-state index is 0.116. The molecule has 1 aliphatic heterocycles. The number of amides is 1. The van der Waals surface area contributed by atoms with Crippen LogP contribution in [0.2, 0.25) is 0 Å². The maximum Gasteiger partial charge on any atom is 0.234 e. The Labute approximate surface area is 61.2 Å². The van der Waals surface area contributed by atoms with Crippen molar-refractivity contribution in [2.75, 3.05) is 6.54 Å². The zero-order valence-electron chi connectivity index (χ0n) is 6.48. The smallest absolute Gasteiger partial charge is 0.234 e. The molecule has 2 N–H and O–H groups in total. The minimum atomic E-state index is 0.116. The van der Waals surface area contributed by atoms with Gasteiger partial charge in [0.1, 0.15) is 0 Å². The summed E-state index contributed by atoms with van der Waals surface area (Å²) in [7, 11) is 0. The molecule has 1 rings (SSSR count). The molecule has 0 aliphatic carbocycles. The summed E-state index contributed by atoms with van der Waals surface area (Å²) in [6.45, 7) is 5.19. The lowest BCUT2D eigenvalue weighted by molar-refractivity contribution is -0.125. The Bertz CT molecular complexity index is 134. The molecule has 10 heavy (non-hydrogen) atoms. The lowest BCUT2D eigenvalue weighted by Gasteiger charge is -2.25. The van der Waals surface area contributed by atoms with E-state index in [4.69, 9.17) is 0 Å². The van der Waals surface area contributed by atoms with Crippen molar-refractivity contribution < 1.29 is 4.79 Å². The average molecular weight is 142 g/mol. The van der Waals surface area contributed by atoms with Crippen LogP contribution < -0.4 is 10.9 Å². The topological polar surface area (TPSA) is 41.1 Å². The van der Waals surface area contributed by atoms with Gasteiger partial charge in [-0.2, -0.15) is 0 Å². The zero-order valence-corrected chi connectivity index (χ0v) is 6.48. The van der Waals surface area contributed by atoms with E-state index in [0.29, 0.717) is 18.3 Å². The monoisotopic (exact) mass is 142 g/mol. The van der Waals surface area contributed by atoms with Crippen LogP contribution in [0.1, 0.15) is 20.3 Å². The molecule has 1 fully saturated rings. The molecule has 0 radical (unpaired) electrons. The molecule has 0 bridgehead atoms. The summed E-state index contributed by atoms with van der Waals surface area (Å²) >= 11 is 0. The maximum absolute atomic E-state index is 10.8. The van der Waals surface area contributed by atoms with Crippen molar-refractivity contribution in [3.8, 4) is 0 Å². The lowest BCUT2D eigenvalue weighted by atomic mass is 9.91. The first-order valence-corrected chi connectivity index (χ1v) is 3.72. The highest BCUT2D eigenvalue weighted by molar-refractivity contribution is 5.76. The van der Waals surface area contributed by atoms with Crippen LogP contribution in [0.3, 0.4) is 0 Å². The highest BCUT2D eigenvalue weighted by Gasteiger charge is 2.20. The second-order valence-corrected chi connectivity index (χ2v) is 3.14. The molecule has 3 nitrogen and oxygen atoms in total. The lowest BCUT2D eigenvalue weighted by Crippen LogP contribution is -2.48. The van der Waals surface area contributed by atoms with Crippen LogP contribution in [0.25, 0.3) is 0 Å². The Balaban J connectivity index is 2.39. The Morgan fingerprint density at radius 3 is 2.70 bits per heavy atom. The Morgan fingerprint density at radius 1 is 1.60 bits per heavy atom. The number of hydrogen-bond donors (Lipinski definition) is 2. The van der Waals surface area contributed by atoms with E-state index >= 15 is 0 Å². The molecular weight excluding hydrogens is 128 g/mol. The third-order valence-corrected chi connectivity index (χ3v) is 1.98. The maximum atomic E-state index is 10.8. The van der Waals surface area contributed by atoms with Gasteiger partial charge in [-0.05, 0) is 11.8 Å². The molecule has 3 heteroatoms. The first-order chi connectivity index (χ1) is 4.70. The second-order valence-electron chi connectivity index (χ2n) is 3.14. The second kappa shape index (κ2) is 3.01. The fraction of sp³-hybridized carbons (Fsp3) is 0.857. The van der Waals surface area contributed by atoms with E-state index in [0.717, 1.165) is 6.54 Å². The predicted molar refractivity (Wildman–Crippen MR) is 39.1 cm³/mol. The summed E-state index contributed by atoms with van der Waals surface area (Å²) < 4.78 is 0. The molecule has 0 saturated carbocycles. The molecule has 1 atom stereocenters. The van der Waals surface area contributed by atoms with Crippen LogP contribution in [0.15, 0.2) is 0 Å². The van der Waals surface area contributed by atoms with E-state index in [2.05, 4.69) is 24.7 Å². The van der Waals surface area contributed by atoms with Crippen molar-refractivity contribution in [2.45, 2.75) is 20.3 Å². The van der Waals surface area contributed by atoms with Crippen LogP contribution >= 0.6 is 0 Å². The number of carbonyl (C=O) groups is 1. The van der Waals surface area contributed by atoms with Crippen LogP contribution in [-0.4, -0.2) is 12.5 Å². The van der Waals surface area contributed by atoms with Gasteiger partial charge in [-0.25, -0.2) is 5.43 Å². The SMILES string of the molecule is CC(C)C1CNNC(=O)C1. The first-order valence-electron chi connectivity index (χ1n) is 3.72. The van der Waals surface area contributed by atoms with Gasteiger partial charge in [-0.15, -0.1) is 0 Å². The van der Waals surface area contributed by atoms with Gasteiger partial charge < -0.3 is 0 Å². The van der Waals surface area contributed by atoms with E-state index in [-0.39, 0.29) is 5.91 Å². The number of nitrogens with one attached hydrogen (secondary N) is 2. The molecule has 1 heterocycles. The highest BCUT2D eigenvalue weighted by Crippen LogP contribution is 2.15. The molecule has 1 aliphatic rings. The minimum Gasteiger partial charge on any atom is -0.292 e. The van der Waals surface area contributed by atoms with Crippen LogP contribution in [0.5, 0.6) is 0 Å². The van der Waals surface area contributed by atoms with Gasteiger partial charge >= 0.3 is 0 Å². The number of rotatable bonds is 1. The van der Waals surface area contributed by atoms with Crippen molar-refractivity contribution in [1.82, 2.24) is 10.9 Å². The Morgan fingerprint density at radius 2 is 2.30 bits per heavy atom. The van der Waals surface area contributed by atoms with Crippen molar-refractivity contribution in [2.24, 2.45) is 11.8 Å².